The number of carboxylic acid groups (broad SMARTS) is 1. The Kier molecular flexibility index (Phi) is 4.77. The number of piperazine rings is 1. The maximum Gasteiger partial charge on any atom is 0.407 e. The molecule has 2 aromatic carbocycles. The Bertz CT molecular complexity index is 898. The lowest BCUT2D eigenvalue weighted by Gasteiger charge is -2.38. The van der Waals surface area contributed by atoms with Crippen LogP contribution >= 0.6 is 0 Å². The van der Waals surface area contributed by atoms with Gasteiger partial charge in [0.2, 0.25) is 0 Å². The van der Waals surface area contributed by atoms with Crippen molar-refractivity contribution in [1.82, 2.24) is 10.2 Å². The van der Waals surface area contributed by atoms with Crippen molar-refractivity contribution in [2.45, 2.75) is 13.1 Å². The molecule has 0 aliphatic carbocycles. The predicted molar refractivity (Wildman–Crippen MR) is 103 cm³/mol. The number of halogens is 1. The first-order valence-corrected chi connectivity index (χ1v) is 9.18. The zero-order valence-corrected chi connectivity index (χ0v) is 15.3. The molecule has 0 saturated carbocycles. The standard InChI is InChI=1S/C20H21FN4O3/c21-16-6-7-17-15(18(16)23-8-10-24(11-9-23)20(27)28)12-22-19(26)25(17)13-14-4-2-1-3-5-14/h1-7H,8-13H2,(H,22,26)(H,27,28). The molecule has 3 amide bonds. The van der Waals surface area contributed by atoms with Crippen molar-refractivity contribution in [3.05, 3.63) is 59.4 Å². The molecule has 7 nitrogen and oxygen atoms in total. The van der Waals surface area contributed by atoms with E-state index in [-0.39, 0.29) is 18.4 Å². The molecule has 1 saturated heterocycles. The topological polar surface area (TPSA) is 76.1 Å². The number of nitrogens with one attached hydrogen (secondary N) is 1. The number of nitrogens with zero attached hydrogens (tertiary/aromatic N) is 3. The molecule has 8 heteroatoms. The summed E-state index contributed by atoms with van der Waals surface area (Å²) in [6.45, 7) is 2.08. The lowest BCUT2D eigenvalue weighted by molar-refractivity contribution is 0.142. The van der Waals surface area contributed by atoms with Crippen molar-refractivity contribution in [2.24, 2.45) is 0 Å². The minimum atomic E-state index is -0.962. The number of rotatable bonds is 3. The van der Waals surface area contributed by atoms with Gasteiger partial charge in [-0.05, 0) is 17.7 Å². The number of benzene rings is 2. The molecule has 2 N–H and O–H groups in total. The van der Waals surface area contributed by atoms with E-state index in [0.29, 0.717) is 44.1 Å². The van der Waals surface area contributed by atoms with Gasteiger partial charge in [-0.3, -0.25) is 4.90 Å². The Morgan fingerprint density at radius 3 is 2.46 bits per heavy atom. The van der Waals surface area contributed by atoms with E-state index < -0.39 is 6.09 Å². The highest BCUT2D eigenvalue weighted by molar-refractivity contribution is 5.96. The normalized spacial score (nSPS) is 16.6. The van der Waals surface area contributed by atoms with Crippen molar-refractivity contribution < 1.29 is 19.1 Å². The van der Waals surface area contributed by atoms with E-state index in [1.165, 1.54) is 11.0 Å². The van der Waals surface area contributed by atoms with Crippen LogP contribution in [-0.2, 0) is 13.1 Å². The van der Waals surface area contributed by atoms with Crippen LogP contribution in [0.1, 0.15) is 11.1 Å². The molecule has 28 heavy (non-hydrogen) atoms. The van der Waals surface area contributed by atoms with E-state index >= 15 is 0 Å². The molecule has 146 valence electrons. The van der Waals surface area contributed by atoms with Crippen molar-refractivity contribution in [2.75, 3.05) is 36.0 Å². The number of fused-ring (bicyclic) bond motifs is 1. The fourth-order valence-electron chi connectivity index (χ4n) is 3.78. The Morgan fingerprint density at radius 2 is 1.79 bits per heavy atom. The van der Waals surface area contributed by atoms with Crippen LogP contribution in [0.5, 0.6) is 0 Å². The molecular formula is C20H21FN4O3. The first-order valence-electron chi connectivity index (χ1n) is 9.18. The van der Waals surface area contributed by atoms with Crippen LogP contribution in [0.25, 0.3) is 0 Å². The summed E-state index contributed by atoms with van der Waals surface area (Å²) in [7, 11) is 0. The summed E-state index contributed by atoms with van der Waals surface area (Å²) in [5, 5.41) is 12.0. The number of hydrogen-bond acceptors (Lipinski definition) is 3. The minimum Gasteiger partial charge on any atom is -0.465 e. The average molecular weight is 384 g/mol. The number of hydrogen-bond donors (Lipinski definition) is 2. The van der Waals surface area contributed by atoms with E-state index in [9.17, 15) is 14.0 Å². The van der Waals surface area contributed by atoms with Crippen LogP contribution in [0.15, 0.2) is 42.5 Å². The van der Waals surface area contributed by atoms with Crippen LogP contribution in [0.2, 0.25) is 0 Å². The van der Waals surface area contributed by atoms with Gasteiger partial charge in [0.25, 0.3) is 0 Å². The lowest BCUT2D eigenvalue weighted by Crippen LogP contribution is -2.50. The fraction of sp³-hybridized carbons (Fsp3) is 0.300. The predicted octanol–water partition coefficient (Wildman–Crippen LogP) is 2.86. The number of amides is 3. The summed E-state index contributed by atoms with van der Waals surface area (Å²) in [5.41, 5.74) is 2.83. The molecule has 1 fully saturated rings. The summed E-state index contributed by atoms with van der Waals surface area (Å²) in [6.07, 6.45) is -0.962. The maximum absolute atomic E-state index is 14.8. The minimum absolute atomic E-state index is 0.218. The second-order valence-corrected chi connectivity index (χ2v) is 6.88. The Balaban J connectivity index is 1.65. The molecule has 4 rings (SSSR count). The van der Waals surface area contributed by atoms with Gasteiger partial charge in [-0.2, -0.15) is 0 Å². The quantitative estimate of drug-likeness (QED) is 0.853. The maximum atomic E-state index is 14.8. The number of carbonyl (C=O) groups is 2. The molecular weight excluding hydrogens is 363 g/mol. The SMILES string of the molecule is O=C(O)N1CCN(c2c(F)ccc3c2CNC(=O)N3Cc2ccccc2)CC1. The second kappa shape index (κ2) is 7.38. The van der Waals surface area contributed by atoms with Crippen LogP contribution in [0, 0.1) is 5.82 Å². The highest BCUT2D eigenvalue weighted by Gasteiger charge is 2.31. The first-order chi connectivity index (χ1) is 13.5. The summed E-state index contributed by atoms with van der Waals surface area (Å²) < 4.78 is 14.8. The van der Waals surface area contributed by atoms with Crippen LogP contribution < -0.4 is 15.1 Å². The Morgan fingerprint density at radius 1 is 1.07 bits per heavy atom. The van der Waals surface area contributed by atoms with Gasteiger partial charge < -0.3 is 20.2 Å². The fourth-order valence-corrected chi connectivity index (χ4v) is 3.78. The summed E-state index contributed by atoms with van der Waals surface area (Å²) in [6, 6.07) is 12.4. The number of carbonyl (C=O) groups excluding carboxylic acids is 1. The molecule has 2 aliphatic heterocycles. The first kappa shape index (κ1) is 18.1. The zero-order valence-electron chi connectivity index (χ0n) is 15.3. The number of anilines is 2. The van der Waals surface area contributed by atoms with Gasteiger partial charge in [0.15, 0.2) is 0 Å². The highest BCUT2D eigenvalue weighted by atomic mass is 19.1. The number of urea groups is 1. The van der Waals surface area contributed by atoms with Crippen LogP contribution in [-0.4, -0.2) is 48.3 Å². The van der Waals surface area contributed by atoms with E-state index in [1.807, 2.05) is 35.2 Å². The van der Waals surface area contributed by atoms with Crippen molar-refractivity contribution in [3.63, 3.8) is 0 Å². The van der Waals surface area contributed by atoms with E-state index in [4.69, 9.17) is 5.11 Å². The summed E-state index contributed by atoms with van der Waals surface area (Å²) in [4.78, 5) is 28.4. The van der Waals surface area contributed by atoms with Gasteiger partial charge in [0.1, 0.15) is 5.82 Å². The van der Waals surface area contributed by atoms with Crippen molar-refractivity contribution in [3.8, 4) is 0 Å². The zero-order chi connectivity index (χ0) is 19.7. The van der Waals surface area contributed by atoms with E-state index in [0.717, 1.165) is 11.1 Å². The van der Waals surface area contributed by atoms with Gasteiger partial charge in [-0.25, -0.2) is 14.0 Å². The highest BCUT2D eigenvalue weighted by Crippen LogP contribution is 2.36. The molecule has 0 radical (unpaired) electrons. The molecule has 2 heterocycles. The van der Waals surface area contributed by atoms with Gasteiger partial charge >= 0.3 is 12.1 Å². The molecule has 0 unspecified atom stereocenters. The van der Waals surface area contributed by atoms with Gasteiger partial charge in [0, 0.05) is 38.3 Å². The molecule has 0 spiro atoms. The molecule has 0 aromatic heterocycles. The largest absolute Gasteiger partial charge is 0.465 e. The third kappa shape index (κ3) is 3.33. The molecule has 0 bridgehead atoms. The third-order valence-electron chi connectivity index (χ3n) is 5.21. The third-order valence-corrected chi connectivity index (χ3v) is 5.21. The molecule has 0 atom stereocenters. The van der Waals surface area contributed by atoms with Gasteiger partial charge in [-0.15, -0.1) is 0 Å². The average Bonchev–Trinajstić information content (AvgIpc) is 2.71. The molecule has 2 aromatic rings. The Hall–Kier alpha value is -3.29. The van der Waals surface area contributed by atoms with Gasteiger partial charge in [0.05, 0.1) is 17.9 Å². The van der Waals surface area contributed by atoms with Gasteiger partial charge in [-0.1, -0.05) is 30.3 Å². The summed E-state index contributed by atoms with van der Waals surface area (Å²) >= 11 is 0. The monoisotopic (exact) mass is 384 g/mol. The Labute approximate surface area is 162 Å². The lowest BCUT2D eigenvalue weighted by atomic mass is 10.0. The van der Waals surface area contributed by atoms with Crippen LogP contribution in [0.3, 0.4) is 0 Å². The smallest absolute Gasteiger partial charge is 0.407 e. The van der Waals surface area contributed by atoms with Crippen molar-refractivity contribution >= 4 is 23.5 Å². The summed E-state index contributed by atoms with van der Waals surface area (Å²) in [5.74, 6) is -0.363. The van der Waals surface area contributed by atoms with E-state index in [2.05, 4.69) is 5.32 Å². The second-order valence-electron chi connectivity index (χ2n) is 6.88. The van der Waals surface area contributed by atoms with E-state index in [1.54, 1.807) is 11.0 Å². The van der Waals surface area contributed by atoms with Crippen molar-refractivity contribution in [1.29, 1.82) is 0 Å². The molecule has 2 aliphatic rings. The van der Waals surface area contributed by atoms with Crippen LogP contribution in [0.4, 0.5) is 25.4 Å².